The molecule has 1 aliphatic carbocycles. The minimum Gasteiger partial charge on any atom is -0.477 e. The van der Waals surface area contributed by atoms with Crippen molar-refractivity contribution < 1.29 is 14.3 Å². The number of fused-ring (bicyclic) bond motifs is 1. The second kappa shape index (κ2) is 5.80. The van der Waals surface area contributed by atoms with Gasteiger partial charge in [-0.2, -0.15) is 0 Å². The Morgan fingerprint density at radius 2 is 2.04 bits per heavy atom. The average Bonchev–Trinajstić information content (AvgIpc) is 3.43. The fourth-order valence-electron chi connectivity index (χ4n) is 3.37. The number of hydrogen-bond donors (Lipinski definition) is 2. The predicted octanol–water partition coefficient (Wildman–Crippen LogP) is 1.29. The van der Waals surface area contributed by atoms with Gasteiger partial charge in [-0.25, -0.2) is 14.2 Å². The average molecular weight is 346 g/mol. The van der Waals surface area contributed by atoms with Crippen molar-refractivity contribution in [3.8, 4) is 0 Å². The molecule has 1 saturated heterocycles. The molecule has 4 rings (SSSR count). The van der Waals surface area contributed by atoms with E-state index in [0.29, 0.717) is 18.7 Å². The van der Waals surface area contributed by atoms with Crippen molar-refractivity contribution in [3.05, 3.63) is 33.4 Å². The Kier molecular flexibility index (Phi) is 3.72. The number of carboxylic acid groups (broad SMARTS) is 1. The molecule has 132 valence electrons. The first-order valence-corrected chi connectivity index (χ1v) is 8.43. The largest absolute Gasteiger partial charge is 0.477 e. The number of aromatic nitrogens is 2. The summed E-state index contributed by atoms with van der Waals surface area (Å²) in [5, 5.41) is 12.6. The lowest BCUT2D eigenvalue weighted by Gasteiger charge is -2.29. The van der Waals surface area contributed by atoms with Gasteiger partial charge in [-0.1, -0.05) is 0 Å². The van der Waals surface area contributed by atoms with Gasteiger partial charge in [0.05, 0.1) is 5.39 Å². The van der Waals surface area contributed by atoms with E-state index in [1.54, 1.807) is 4.57 Å². The van der Waals surface area contributed by atoms with Crippen LogP contribution in [0.5, 0.6) is 0 Å². The predicted molar refractivity (Wildman–Crippen MR) is 91.0 cm³/mol. The van der Waals surface area contributed by atoms with Crippen molar-refractivity contribution in [2.75, 3.05) is 31.1 Å². The van der Waals surface area contributed by atoms with Crippen molar-refractivity contribution in [3.63, 3.8) is 0 Å². The highest BCUT2D eigenvalue weighted by atomic mass is 19.1. The summed E-state index contributed by atoms with van der Waals surface area (Å²) in [7, 11) is 0. The van der Waals surface area contributed by atoms with Gasteiger partial charge in [-0.05, 0) is 19.8 Å². The molecular weight excluding hydrogens is 327 g/mol. The van der Waals surface area contributed by atoms with E-state index in [2.05, 4.69) is 10.3 Å². The zero-order valence-corrected chi connectivity index (χ0v) is 13.9. The van der Waals surface area contributed by atoms with Crippen molar-refractivity contribution in [1.82, 2.24) is 14.9 Å². The first-order valence-electron chi connectivity index (χ1n) is 8.43. The molecule has 0 bridgehead atoms. The molecule has 2 aromatic heterocycles. The zero-order chi connectivity index (χ0) is 17.7. The van der Waals surface area contributed by atoms with Crippen LogP contribution in [0.4, 0.5) is 10.2 Å². The lowest BCUT2D eigenvalue weighted by atomic mass is 10.1. The summed E-state index contributed by atoms with van der Waals surface area (Å²) in [5.41, 5.74) is -0.459. The van der Waals surface area contributed by atoms with Gasteiger partial charge >= 0.3 is 5.97 Å². The zero-order valence-electron chi connectivity index (χ0n) is 13.9. The molecule has 2 N–H and O–H groups in total. The van der Waals surface area contributed by atoms with Crippen molar-refractivity contribution in [1.29, 1.82) is 0 Å². The normalized spacial score (nSPS) is 17.9. The summed E-state index contributed by atoms with van der Waals surface area (Å²) in [6.07, 6.45) is 3.16. The highest BCUT2D eigenvalue weighted by Crippen LogP contribution is 2.37. The molecule has 0 amide bonds. The highest BCUT2D eigenvalue weighted by Gasteiger charge is 2.30. The Hall–Kier alpha value is -2.48. The van der Waals surface area contributed by atoms with E-state index >= 15 is 0 Å². The first kappa shape index (κ1) is 16.0. The van der Waals surface area contributed by atoms with Crippen LogP contribution in [0.3, 0.4) is 0 Å². The van der Waals surface area contributed by atoms with E-state index in [4.69, 9.17) is 0 Å². The molecule has 7 nitrogen and oxygen atoms in total. The van der Waals surface area contributed by atoms with Crippen LogP contribution < -0.4 is 15.6 Å². The quantitative estimate of drug-likeness (QED) is 0.871. The Labute approximate surface area is 143 Å². The van der Waals surface area contributed by atoms with Gasteiger partial charge in [0.1, 0.15) is 11.2 Å². The van der Waals surface area contributed by atoms with Gasteiger partial charge < -0.3 is 19.9 Å². The fraction of sp³-hybridized carbons (Fsp3) is 0.471. The maximum absolute atomic E-state index is 15.0. The summed E-state index contributed by atoms with van der Waals surface area (Å²) < 4.78 is 16.7. The maximum Gasteiger partial charge on any atom is 0.341 e. The third kappa shape index (κ3) is 2.57. The van der Waals surface area contributed by atoms with Crippen LogP contribution in [-0.4, -0.2) is 46.8 Å². The number of rotatable bonds is 3. The van der Waals surface area contributed by atoms with E-state index in [1.165, 1.54) is 13.1 Å². The number of aromatic carboxylic acids is 1. The summed E-state index contributed by atoms with van der Waals surface area (Å²) in [4.78, 5) is 30.4. The van der Waals surface area contributed by atoms with Crippen molar-refractivity contribution in [2.45, 2.75) is 25.8 Å². The van der Waals surface area contributed by atoms with Crippen molar-refractivity contribution in [2.24, 2.45) is 0 Å². The van der Waals surface area contributed by atoms with E-state index in [9.17, 15) is 19.1 Å². The number of halogens is 1. The Morgan fingerprint density at radius 1 is 1.36 bits per heavy atom. The van der Waals surface area contributed by atoms with E-state index < -0.39 is 17.2 Å². The van der Waals surface area contributed by atoms with Gasteiger partial charge in [0.15, 0.2) is 11.6 Å². The van der Waals surface area contributed by atoms with Gasteiger partial charge in [0.25, 0.3) is 0 Å². The molecule has 0 radical (unpaired) electrons. The van der Waals surface area contributed by atoms with Gasteiger partial charge in [0, 0.05) is 44.0 Å². The number of aryl methyl sites for hydroxylation is 1. The third-order valence-corrected chi connectivity index (χ3v) is 4.91. The van der Waals surface area contributed by atoms with Crippen LogP contribution in [0.2, 0.25) is 0 Å². The monoisotopic (exact) mass is 346 g/mol. The summed E-state index contributed by atoms with van der Waals surface area (Å²) in [6, 6.07) is 0.120. The summed E-state index contributed by atoms with van der Waals surface area (Å²) in [6.45, 7) is 4.28. The molecule has 1 aliphatic heterocycles. The number of carbonyl (C=O) groups is 1. The summed E-state index contributed by atoms with van der Waals surface area (Å²) in [5.74, 6) is -1.60. The minimum atomic E-state index is -1.30. The maximum atomic E-state index is 15.0. The van der Waals surface area contributed by atoms with Crippen LogP contribution in [0.15, 0.2) is 11.0 Å². The molecule has 25 heavy (non-hydrogen) atoms. The second-order valence-corrected chi connectivity index (χ2v) is 6.63. The van der Waals surface area contributed by atoms with Gasteiger partial charge in [-0.3, -0.25) is 4.79 Å². The molecule has 1 saturated carbocycles. The smallest absolute Gasteiger partial charge is 0.341 e. The Balaban J connectivity index is 2.02. The molecule has 0 spiro atoms. The van der Waals surface area contributed by atoms with E-state index in [-0.39, 0.29) is 28.4 Å². The SMILES string of the molecule is Cc1c(F)c(N2CCNCC2)nc2c1c(=O)c(C(=O)O)cn2C1CC1. The van der Waals surface area contributed by atoms with Crippen LogP contribution >= 0.6 is 0 Å². The van der Waals surface area contributed by atoms with E-state index in [1.807, 2.05) is 4.90 Å². The summed E-state index contributed by atoms with van der Waals surface area (Å²) >= 11 is 0. The fourth-order valence-corrected chi connectivity index (χ4v) is 3.37. The molecule has 2 aliphatic rings. The van der Waals surface area contributed by atoms with Crippen LogP contribution in [0, 0.1) is 12.7 Å². The number of anilines is 1. The molecular formula is C17H19FN4O3. The number of nitrogens with one attached hydrogen (secondary N) is 1. The molecule has 3 heterocycles. The number of nitrogens with zero attached hydrogens (tertiary/aromatic N) is 3. The molecule has 2 fully saturated rings. The third-order valence-electron chi connectivity index (χ3n) is 4.91. The Bertz CT molecular complexity index is 930. The van der Waals surface area contributed by atoms with Crippen LogP contribution in [0.1, 0.15) is 34.8 Å². The second-order valence-electron chi connectivity index (χ2n) is 6.63. The Morgan fingerprint density at radius 3 is 2.64 bits per heavy atom. The van der Waals surface area contributed by atoms with Crippen LogP contribution in [-0.2, 0) is 0 Å². The lowest BCUT2D eigenvalue weighted by molar-refractivity contribution is 0.0695. The molecule has 8 heteroatoms. The lowest BCUT2D eigenvalue weighted by Crippen LogP contribution is -2.44. The van der Waals surface area contributed by atoms with Crippen LogP contribution in [0.25, 0.3) is 11.0 Å². The van der Waals surface area contributed by atoms with Crippen molar-refractivity contribution >= 4 is 22.8 Å². The molecule has 0 aromatic carbocycles. The van der Waals surface area contributed by atoms with E-state index in [0.717, 1.165) is 25.9 Å². The number of carboxylic acids is 1. The topological polar surface area (TPSA) is 87.5 Å². The molecule has 0 atom stereocenters. The number of hydrogen-bond acceptors (Lipinski definition) is 5. The molecule has 0 unspecified atom stereocenters. The first-order chi connectivity index (χ1) is 12.0. The molecule has 2 aromatic rings. The standard InChI is InChI=1S/C17H19FN4O3/c1-9-12-14(23)11(17(24)25)8-22(10-2-3-10)15(12)20-16(13(9)18)21-6-4-19-5-7-21/h8,10,19H,2-7H2,1H3,(H,24,25). The van der Waals surface area contributed by atoms with Gasteiger partial charge in [-0.15, -0.1) is 0 Å². The number of piperazine rings is 1. The highest BCUT2D eigenvalue weighted by molar-refractivity contribution is 5.93. The minimum absolute atomic E-state index is 0.0724. The van der Waals surface area contributed by atoms with Gasteiger partial charge in [0.2, 0.25) is 5.43 Å². The number of pyridine rings is 2.